The van der Waals surface area contributed by atoms with Crippen LogP contribution in [0.3, 0.4) is 0 Å². The van der Waals surface area contributed by atoms with Gasteiger partial charge in [-0.05, 0) is 40.2 Å². The normalized spacial score (nSPS) is 20.2. The van der Waals surface area contributed by atoms with Gasteiger partial charge in [0, 0.05) is 25.0 Å². The standard InChI is InChI=1S/C18H30N4O2/c1-17(2,3)20(6)22(23)19-24-16-12-13-21(14-16)18(4,5)15-10-8-7-9-11-15/h7-11,16H,12-14H2,1-6H3/b22-19-/t16-/m1/s1. The van der Waals surface area contributed by atoms with Gasteiger partial charge in [0.25, 0.3) is 0 Å². The van der Waals surface area contributed by atoms with Crippen molar-refractivity contribution in [3.8, 4) is 0 Å². The number of hydrogen-bond donors (Lipinski definition) is 0. The van der Waals surface area contributed by atoms with Gasteiger partial charge < -0.3 is 10.0 Å². The Balaban J connectivity index is 1.96. The van der Waals surface area contributed by atoms with E-state index in [0.29, 0.717) is 4.97 Å². The molecule has 0 spiro atoms. The average Bonchev–Trinajstić information content (AvgIpc) is 3.01. The van der Waals surface area contributed by atoms with E-state index in [1.165, 1.54) is 10.6 Å². The molecule has 1 saturated heterocycles. The highest BCUT2D eigenvalue weighted by atomic mass is 16.7. The number of rotatable bonds is 5. The summed E-state index contributed by atoms with van der Waals surface area (Å²) in [6.07, 6.45) is 0.810. The third kappa shape index (κ3) is 4.17. The molecule has 0 aliphatic carbocycles. The molecule has 1 atom stereocenters. The van der Waals surface area contributed by atoms with Gasteiger partial charge in [-0.3, -0.25) is 4.90 Å². The van der Waals surface area contributed by atoms with E-state index in [-0.39, 0.29) is 17.2 Å². The third-order valence-electron chi connectivity index (χ3n) is 4.91. The van der Waals surface area contributed by atoms with Gasteiger partial charge in [-0.25, -0.2) is 0 Å². The zero-order valence-corrected chi connectivity index (χ0v) is 15.7. The van der Waals surface area contributed by atoms with Crippen LogP contribution in [0, 0.1) is 5.21 Å². The van der Waals surface area contributed by atoms with E-state index < -0.39 is 0 Å². The van der Waals surface area contributed by atoms with E-state index in [0.717, 1.165) is 19.5 Å². The lowest BCUT2D eigenvalue weighted by molar-refractivity contribution is -0.720. The molecule has 2 rings (SSSR count). The lowest BCUT2D eigenvalue weighted by atomic mass is 9.93. The molecule has 0 radical (unpaired) electrons. The summed E-state index contributed by atoms with van der Waals surface area (Å²) in [5.41, 5.74) is 0.908. The van der Waals surface area contributed by atoms with Crippen molar-refractivity contribution in [2.45, 2.75) is 58.2 Å². The van der Waals surface area contributed by atoms with Gasteiger partial charge >= 0.3 is 0 Å². The molecule has 0 saturated carbocycles. The Morgan fingerprint density at radius 3 is 2.42 bits per heavy atom. The van der Waals surface area contributed by atoms with Gasteiger partial charge in [0.15, 0.2) is 0 Å². The second-order valence-corrected chi connectivity index (χ2v) is 7.92. The predicted molar refractivity (Wildman–Crippen MR) is 94.1 cm³/mol. The van der Waals surface area contributed by atoms with E-state index >= 15 is 0 Å². The van der Waals surface area contributed by atoms with Crippen molar-refractivity contribution in [3.63, 3.8) is 0 Å². The topological polar surface area (TPSA) is 54.1 Å². The summed E-state index contributed by atoms with van der Waals surface area (Å²) in [5.74, 6) is 0. The van der Waals surface area contributed by atoms with Gasteiger partial charge in [0.1, 0.15) is 6.10 Å². The minimum Gasteiger partial charge on any atom is -0.569 e. The van der Waals surface area contributed by atoms with Crippen LogP contribution in [0.2, 0.25) is 0 Å². The number of likely N-dealkylation sites (tertiary alicyclic amines) is 1. The van der Waals surface area contributed by atoms with Crippen molar-refractivity contribution in [1.29, 1.82) is 0 Å². The molecule has 0 unspecified atom stereocenters. The highest BCUT2D eigenvalue weighted by Crippen LogP contribution is 2.31. The molecular weight excluding hydrogens is 304 g/mol. The van der Waals surface area contributed by atoms with Crippen molar-refractivity contribution in [1.82, 2.24) is 9.91 Å². The van der Waals surface area contributed by atoms with Crippen molar-refractivity contribution >= 4 is 0 Å². The number of hydrazine groups is 1. The maximum Gasteiger partial charge on any atom is 0.233 e. The first-order valence-electron chi connectivity index (χ1n) is 8.50. The first-order chi connectivity index (χ1) is 11.1. The Kier molecular flexibility index (Phi) is 5.38. The fourth-order valence-corrected chi connectivity index (χ4v) is 2.77. The molecule has 0 N–H and O–H groups in total. The summed E-state index contributed by atoms with van der Waals surface area (Å²) in [7, 11) is 1.71. The second-order valence-electron chi connectivity index (χ2n) is 7.92. The molecule has 1 fully saturated rings. The number of hydrogen-bond acceptors (Lipinski definition) is 4. The van der Waals surface area contributed by atoms with E-state index in [2.05, 4.69) is 48.3 Å². The molecule has 1 aliphatic rings. The molecule has 6 heteroatoms. The number of nitrogens with zero attached hydrogens (tertiary/aromatic N) is 4. The third-order valence-corrected chi connectivity index (χ3v) is 4.91. The highest BCUT2D eigenvalue weighted by Gasteiger charge is 2.36. The summed E-state index contributed by atoms with van der Waals surface area (Å²) < 4.78 is 0. The van der Waals surface area contributed by atoms with E-state index in [1.807, 2.05) is 26.8 Å². The second kappa shape index (κ2) is 6.97. The molecular formula is C18H30N4O2. The van der Waals surface area contributed by atoms with Crippen LogP contribution < -0.4 is 0 Å². The zero-order valence-electron chi connectivity index (χ0n) is 15.7. The Morgan fingerprint density at radius 2 is 1.83 bits per heavy atom. The van der Waals surface area contributed by atoms with E-state index in [9.17, 15) is 5.21 Å². The SMILES string of the molecule is CN(/[N+]([O-])=N/O[C@@H]1CCN(C(C)(C)c2ccccc2)C1)C(C)(C)C. The molecule has 0 aromatic heterocycles. The van der Waals surface area contributed by atoms with Gasteiger partial charge in [0.2, 0.25) is 5.28 Å². The van der Waals surface area contributed by atoms with Crippen molar-refractivity contribution in [2.75, 3.05) is 20.1 Å². The first-order valence-corrected chi connectivity index (χ1v) is 8.50. The molecule has 0 amide bonds. The Hall–Kier alpha value is -1.82. The predicted octanol–water partition coefficient (Wildman–Crippen LogP) is 3.54. The van der Waals surface area contributed by atoms with Crippen molar-refractivity contribution < 1.29 is 9.81 Å². The first kappa shape index (κ1) is 18.5. The van der Waals surface area contributed by atoms with Crippen LogP contribution in [0.25, 0.3) is 0 Å². The molecule has 0 bridgehead atoms. The molecule has 24 heavy (non-hydrogen) atoms. The summed E-state index contributed by atoms with van der Waals surface area (Å²) in [6.45, 7) is 12.0. The summed E-state index contributed by atoms with van der Waals surface area (Å²) in [5, 5.41) is 17.2. The van der Waals surface area contributed by atoms with Gasteiger partial charge in [0.05, 0.1) is 17.6 Å². The monoisotopic (exact) mass is 334 g/mol. The van der Waals surface area contributed by atoms with Crippen LogP contribution in [-0.4, -0.2) is 46.7 Å². The van der Waals surface area contributed by atoms with Crippen LogP contribution >= 0.6 is 0 Å². The summed E-state index contributed by atoms with van der Waals surface area (Å²) in [4.78, 5) is 8.41. The minimum atomic E-state index is -0.300. The van der Waals surface area contributed by atoms with Gasteiger partial charge in [-0.15, -0.1) is 5.01 Å². The Labute approximate surface area is 145 Å². The Morgan fingerprint density at radius 1 is 1.21 bits per heavy atom. The van der Waals surface area contributed by atoms with Crippen molar-refractivity contribution in [3.05, 3.63) is 41.1 Å². The van der Waals surface area contributed by atoms with Crippen LogP contribution in [0.5, 0.6) is 0 Å². The van der Waals surface area contributed by atoms with Crippen LogP contribution in [0.15, 0.2) is 35.6 Å². The maximum atomic E-state index is 12.0. The molecule has 1 aromatic rings. The minimum absolute atomic E-state index is 0.0576. The van der Waals surface area contributed by atoms with Gasteiger partial charge in [-0.1, -0.05) is 30.3 Å². The average molecular weight is 334 g/mol. The highest BCUT2D eigenvalue weighted by molar-refractivity contribution is 5.23. The quantitative estimate of drug-likeness (QED) is 0.469. The lowest BCUT2D eigenvalue weighted by Gasteiger charge is -2.35. The van der Waals surface area contributed by atoms with Gasteiger partial charge in [-0.2, -0.15) is 0 Å². The summed E-state index contributed by atoms with van der Waals surface area (Å²) >= 11 is 0. The van der Waals surface area contributed by atoms with Crippen molar-refractivity contribution in [2.24, 2.45) is 5.28 Å². The lowest BCUT2D eigenvalue weighted by Crippen LogP contribution is -2.43. The van der Waals surface area contributed by atoms with E-state index in [4.69, 9.17) is 4.84 Å². The maximum absolute atomic E-state index is 12.0. The van der Waals surface area contributed by atoms with Crippen LogP contribution in [0.1, 0.15) is 46.6 Å². The molecule has 1 heterocycles. The molecule has 6 nitrogen and oxygen atoms in total. The zero-order chi connectivity index (χ0) is 18.0. The Bertz CT molecular complexity index is 566. The molecule has 134 valence electrons. The van der Waals surface area contributed by atoms with Crippen LogP contribution in [-0.2, 0) is 10.4 Å². The van der Waals surface area contributed by atoms with E-state index in [1.54, 1.807) is 7.05 Å². The molecule has 1 aliphatic heterocycles. The summed E-state index contributed by atoms with van der Waals surface area (Å²) in [6, 6.07) is 10.5. The number of benzene rings is 1. The van der Waals surface area contributed by atoms with Crippen LogP contribution in [0.4, 0.5) is 0 Å². The molecule has 1 aromatic carbocycles. The fraction of sp³-hybridized carbons (Fsp3) is 0.667. The smallest absolute Gasteiger partial charge is 0.233 e. The largest absolute Gasteiger partial charge is 0.569 e. The fourth-order valence-electron chi connectivity index (χ4n) is 2.77.